The molecule has 1 aliphatic rings. The molecule has 1 fully saturated rings. The van der Waals surface area contributed by atoms with Crippen molar-refractivity contribution in [2.45, 2.75) is 13.8 Å². The number of thiazole rings is 1. The van der Waals surface area contributed by atoms with Gasteiger partial charge in [-0.3, -0.25) is 4.79 Å². The molecule has 1 amide bonds. The summed E-state index contributed by atoms with van der Waals surface area (Å²) in [5, 5.41) is 7.24. The Morgan fingerprint density at radius 2 is 2.00 bits per heavy atom. The first-order valence-corrected chi connectivity index (χ1v) is 9.41. The molecule has 1 saturated heterocycles. The molecular weight excluding hydrogens is 330 g/mol. The minimum atomic E-state index is 0.0356. The van der Waals surface area contributed by atoms with Crippen LogP contribution in [0.15, 0.2) is 42.5 Å². The maximum Gasteiger partial charge on any atom is 0.227 e. The summed E-state index contributed by atoms with van der Waals surface area (Å²) in [7, 11) is 0. The van der Waals surface area contributed by atoms with Gasteiger partial charge in [0.25, 0.3) is 0 Å². The van der Waals surface area contributed by atoms with Gasteiger partial charge in [-0.1, -0.05) is 13.0 Å². The molecule has 1 unspecified atom stereocenters. The first kappa shape index (κ1) is 16.2. The van der Waals surface area contributed by atoms with Crippen LogP contribution in [0.5, 0.6) is 0 Å². The van der Waals surface area contributed by atoms with Crippen molar-refractivity contribution in [1.29, 1.82) is 0 Å². The highest BCUT2D eigenvalue weighted by atomic mass is 32.1. The van der Waals surface area contributed by atoms with Gasteiger partial charge in [-0.05, 0) is 67.9 Å². The van der Waals surface area contributed by atoms with Crippen molar-refractivity contribution in [1.82, 2.24) is 10.3 Å². The monoisotopic (exact) mass is 351 g/mol. The summed E-state index contributed by atoms with van der Waals surface area (Å²) in [5.74, 6) is 0.577. The van der Waals surface area contributed by atoms with Crippen molar-refractivity contribution in [3.05, 3.63) is 48.0 Å². The molecule has 2 N–H and O–H groups in total. The fourth-order valence-corrected chi connectivity index (χ4v) is 4.06. The van der Waals surface area contributed by atoms with Crippen LogP contribution in [0.4, 0.5) is 5.69 Å². The lowest BCUT2D eigenvalue weighted by atomic mass is 9.88. The fourth-order valence-electron chi connectivity index (χ4n) is 2.99. The largest absolute Gasteiger partial charge is 0.326 e. The Morgan fingerprint density at radius 1 is 1.24 bits per heavy atom. The topological polar surface area (TPSA) is 54.0 Å². The highest BCUT2D eigenvalue weighted by molar-refractivity contribution is 7.21. The maximum absolute atomic E-state index is 12.3. The van der Waals surface area contributed by atoms with E-state index in [1.165, 1.54) is 10.3 Å². The van der Waals surface area contributed by atoms with Gasteiger partial charge in [0, 0.05) is 17.2 Å². The van der Waals surface area contributed by atoms with Crippen LogP contribution in [0.3, 0.4) is 0 Å². The Labute approximate surface area is 151 Å². The number of anilines is 1. The van der Waals surface area contributed by atoms with Crippen molar-refractivity contribution in [2.75, 3.05) is 18.4 Å². The molecule has 2 aromatic carbocycles. The first-order valence-electron chi connectivity index (χ1n) is 8.59. The lowest BCUT2D eigenvalue weighted by molar-refractivity contribution is -0.121. The number of nitrogens with zero attached hydrogens (tertiary/aromatic N) is 1. The highest BCUT2D eigenvalue weighted by Gasteiger charge is 2.28. The summed E-state index contributed by atoms with van der Waals surface area (Å²) in [6, 6.07) is 14.3. The van der Waals surface area contributed by atoms with Gasteiger partial charge in [-0.2, -0.15) is 0 Å². The van der Waals surface area contributed by atoms with Gasteiger partial charge in [0.15, 0.2) is 0 Å². The molecule has 0 saturated carbocycles. The Balaban J connectivity index is 1.49. The molecule has 1 aliphatic heterocycles. The quantitative estimate of drug-likeness (QED) is 0.745. The molecule has 5 heteroatoms. The third-order valence-electron chi connectivity index (χ3n) is 4.88. The van der Waals surface area contributed by atoms with E-state index in [-0.39, 0.29) is 11.8 Å². The van der Waals surface area contributed by atoms with Gasteiger partial charge < -0.3 is 10.6 Å². The second-order valence-electron chi connectivity index (χ2n) is 6.76. The van der Waals surface area contributed by atoms with Gasteiger partial charge in [-0.15, -0.1) is 11.3 Å². The lowest BCUT2D eigenvalue weighted by Crippen LogP contribution is -2.48. The number of benzene rings is 2. The Hall–Kier alpha value is -2.24. The van der Waals surface area contributed by atoms with E-state index in [0.717, 1.165) is 34.9 Å². The molecule has 0 bridgehead atoms. The van der Waals surface area contributed by atoms with Gasteiger partial charge in [0.1, 0.15) is 5.01 Å². The molecule has 128 valence electrons. The molecule has 2 heterocycles. The number of amides is 1. The molecule has 0 spiro atoms. The average Bonchev–Trinajstić information content (AvgIpc) is 2.96. The summed E-state index contributed by atoms with van der Waals surface area (Å²) in [5.41, 5.74) is 4.19. The van der Waals surface area contributed by atoms with E-state index < -0.39 is 0 Å². The van der Waals surface area contributed by atoms with Crippen LogP contribution >= 0.6 is 11.3 Å². The van der Waals surface area contributed by atoms with E-state index in [1.807, 2.05) is 31.2 Å². The molecule has 4 rings (SSSR count). The Bertz CT molecular complexity index is 912. The van der Waals surface area contributed by atoms with E-state index in [2.05, 4.69) is 35.8 Å². The zero-order chi connectivity index (χ0) is 17.4. The van der Waals surface area contributed by atoms with Crippen molar-refractivity contribution < 1.29 is 4.79 Å². The molecule has 3 aromatic rings. The second kappa shape index (κ2) is 6.58. The second-order valence-corrected chi connectivity index (χ2v) is 7.79. The first-order chi connectivity index (χ1) is 12.1. The normalized spacial score (nSPS) is 15.8. The van der Waals surface area contributed by atoms with Crippen molar-refractivity contribution in [3.63, 3.8) is 0 Å². The van der Waals surface area contributed by atoms with Crippen LogP contribution in [0.2, 0.25) is 0 Å². The predicted molar refractivity (Wildman–Crippen MR) is 104 cm³/mol. The molecule has 4 nitrogen and oxygen atoms in total. The highest BCUT2D eigenvalue weighted by Crippen LogP contribution is 2.31. The molecule has 1 aromatic heterocycles. The van der Waals surface area contributed by atoms with Crippen molar-refractivity contribution in [2.24, 2.45) is 11.8 Å². The predicted octanol–water partition coefficient (Wildman–Crippen LogP) is 4.07. The van der Waals surface area contributed by atoms with Crippen molar-refractivity contribution in [3.8, 4) is 10.6 Å². The van der Waals surface area contributed by atoms with Gasteiger partial charge >= 0.3 is 0 Å². The van der Waals surface area contributed by atoms with Crippen LogP contribution in [0.1, 0.15) is 12.5 Å². The van der Waals surface area contributed by atoms with Crippen molar-refractivity contribution >= 4 is 33.1 Å². The Morgan fingerprint density at radius 3 is 2.68 bits per heavy atom. The van der Waals surface area contributed by atoms with E-state index in [4.69, 9.17) is 4.98 Å². The molecule has 0 aliphatic carbocycles. The number of rotatable bonds is 4. The van der Waals surface area contributed by atoms with E-state index in [1.54, 1.807) is 11.3 Å². The summed E-state index contributed by atoms with van der Waals surface area (Å²) >= 11 is 1.70. The number of aryl methyl sites for hydroxylation is 1. The Kier molecular flexibility index (Phi) is 4.27. The summed E-state index contributed by atoms with van der Waals surface area (Å²) in [6.45, 7) is 5.96. The standard InChI is InChI=1S/C20H21N3OS/c1-12-3-8-17-18(9-12)25-20(23-17)14-4-6-16(7-5-14)22-19(24)13(2)15-10-21-11-15/h3-9,13,15,21H,10-11H2,1-2H3,(H,22,24). The molecule has 25 heavy (non-hydrogen) atoms. The van der Waals surface area contributed by atoms with Crippen LogP contribution in [-0.2, 0) is 4.79 Å². The molecular formula is C20H21N3OS. The number of carbonyl (C=O) groups is 1. The average molecular weight is 351 g/mol. The number of aromatic nitrogens is 1. The zero-order valence-electron chi connectivity index (χ0n) is 14.4. The number of carbonyl (C=O) groups excluding carboxylic acids is 1. The van der Waals surface area contributed by atoms with Gasteiger partial charge in [-0.25, -0.2) is 4.98 Å². The smallest absolute Gasteiger partial charge is 0.227 e. The van der Waals surface area contributed by atoms with E-state index in [9.17, 15) is 4.79 Å². The van der Waals surface area contributed by atoms with E-state index >= 15 is 0 Å². The van der Waals surface area contributed by atoms with Crippen LogP contribution in [0, 0.1) is 18.8 Å². The molecule has 1 atom stereocenters. The lowest BCUT2D eigenvalue weighted by Gasteiger charge is -2.31. The number of fused-ring (bicyclic) bond motifs is 1. The molecule has 0 radical (unpaired) electrons. The fraction of sp³-hybridized carbons (Fsp3) is 0.300. The maximum atomic E-state index is 12.3. The third kappa shape index (κ3) is 3.30. The summed E-state index contributed by atoms with van der Waals surface area (Å²) < 4.78 is 1.20. The number of nitrogens with one attached hydrogen (secondary N) is 2. The van der Waals surface area contributed by atoms with Gasteiger partial charge in [0.05, 0.1) is 10.2 Å². The van der Waals surface area contributed by atoms with Crippen LogP contribution in [-0.4, -0.2) is 24.0 Å². The minimum Gasteiger partial charge on any atom is -0.326 e. The minimum absolute atomic E-state index is 0.0356. The summed E-state index contributed by atoms with van der Waals surface area (Å²) in [6.07, 6.45) is 0. The zero-order valence-corrected chi connectivity index (χ0v) is 15.2. The summed E-state index contributed by atoms with van der Waals surface area (Å²) in [4.78, 5) is 17.0. The van der Waals surface area contributed by atoms with E-state index in [0.29, 0.717) is 5.92 Å². The van der Waals surface area contributed by atoms with Crippen LogP contribution in [0.25, 0.3) is 20.8 Å². The van der Waals surface area contributed by atoms with Crippen LogP contribution < -0.4 is 10.6 Å². The SMILES string of the molecule is Cc1ccc2nc(-c3ccc(NC(=O)C(C)C4CNC4)cc3)sc2c1. The number of hydrogen-bond acceptors (Lipinski definition) is 4. The number of hydrogen-bond donors (Lipinski definition) is 2. The van der Waals surface area contributed by atoms with Gasteiger partial charge in [0.2, 0.25) is 5.91 Å². The third-order valence-corrected chi connectivity index (χ3v) is 5.94.